The topological polar surface area (TPSA) is 88.9 Å². The predicted octanol–water partition coefficient (Wildman–Crippen LogP) is 4.95. The maximum absolute atomic E-state index is 12.6. The number of hydrogen-bond acceptors (Lipinski definition) is 5. The summed E-state index contributed by atoms with van der Waals surface area (Å²) in [5, 5.41) is 15.1. The average Bonchev–Trinajstić information content (AvgIpc) is 3.21. The smallest absolute Gasteiger partial charge is 0.251 e. The van der Waals surface area contributed by atoms with E-state index in [0.717, 1.165) is 11.3 Å². The van der Waals surface area contributed by atoms with Crippen molar-refractivity contribution < 1.29 is 9.59 Å². The molecule has 1 atom stereocenters. The SMILES string of the molecule is CCn1c(SCC(=O)Nc2ccc(C(C)C)cc2)nnc1[C@@H](C)NC(=O)c1cccc(C)c1. The van der Waals surface area contributed by atoms with Gasteiger partial charge < -0.3 is 15.2 Å². The van der Waals surface area contributed by atoms with Gasteiger partial charge in [0.1, 0.15) is 0 Å². The van der Waals surface area contributed by atoms with Crippen molar-refractivity contribution in [2.75, 3.05) is 11.1 Å². The van der Waals surface area contributed by atoms with Crippen LogP contribution in [0.5, 0.6) is 0 Å². The number of benzene rings is 2. The van der Waals surface area contributed by atoms with Crippen LogP contribution in [0, 0.1) is 6.92 Å². The van der Waals surface area contributed by atoms with E-state index in [1.54, 1.807) is 6.07 Å². The van der Waals surface area contributed by atoms with Gasteiger partial charge in [0, 0.05) is 17.8 Å². The molecule has 0 saturated heterocycles. The fourth-order valence-electron chi connectivity index (χ4n) is 3.43. The van der Waals surface area contributed by atoms with Crippen molar-refractivity contribution in [2.24, 2.45) is 0 Å². The molecule has 0 unspecified atom stereocenters. The Bertz CT molecular complexity index is 1110. The van der Waals surface area contributed by atoms with Gasteiger partial charge in [0.15, 0.2) is 11.0 Å². The molecule has 0 spiro atoms. The van der Waals surface area contributed by atoms with E-state index < -0.39 is 0 Å². The molecule has 3 aromatic rings. The van der Waals surface area contributed by atoms with E-state index >= 15 is 0 Å². The first-order chi connectivity index (χ1) is 15.8. The van der Waals surface area contributed by atoms with E-state index in [4.69, 9.17) is 0 Å². The molecule has 0 radical (unpaired) electrons. The van der Waals surface area contributed by atoms with E-state index in [1.807, 2.05) is 67.8 Å². The lowest BCUT2D eigenvalue weighted by atomic mass is 10.0. The Kier molecular flexibility index (Phi) is 8.27. The summed E-state index contributed by atoms with van der Waals surface area (Å²) in [6, 6.07) is 15.0. The van der Waals surface area contributed by atoms with Gasteiger partial charge in [-0.05, 0) is 56.5 Å². The zero-order valence-electron chi connectivity index (χ0n) is 19.8. The normalized spacial score (nSPS) is 11.9. The Balaban J connectivity index is 1.60. The Labute approximate surface area is 199 Å². The molecule has 1 aromatic heterocycles. The Morgan fingerprint density at radius 1 is 1.06 bits per heavy atom. The molecule has 2 amide bonds. The quantitative estimate of drug-likeness (QED) is 0.437. The van der Waals surface area contributed by atoms with Crippen molar-refractivity contribution in [1.29, 1.82) is 0 Å². The minimum atomic E-state index is -0.326. The Morgan fingerprint density at radius 2 is 1.79 bits per heavy atom. The number of aryl methyl sites for hydroxylation is 1. The Hall–Kier alpha value is -3.13. The van der Waals surface area contributed by atoms with Crippen LogP contribution >= 0.6 is 11.8 Å². The summed E-state index contributed by atoms with van der Waals surface area (Å²) in [5.41, 5.74) is 3.64. The lowest BCUT2D eigenvalue weighted by Gasteiger charge is -2.15. The van der Waals surface area contributed by atoms with E-state index in [1.165, 1.54) is 17.3 Å². The fraction of sp³-hybridized carbons (Fsp3) is 0.360. The molecule has 2 N–H and O–H groups in total. The third-order valence-corrected chi connectivity index (χ3v) is 6.24. The molecule has 3 rings (SSSR count). The van der Waals surface area contributed by atoms with Gasteiger partial charge in [0.25, 0.3) is 5.91 Å². The molecule has 0 fully saturated rings. The Morgan fingerprint density at radius 3 is 2.42 bits per heavy atom. The highest BCUT2D eigenvalue weighted by Crippen LogP contribution is 2.22. The minimum Gasteiger partial charge on any atom is -0.342 e. The number of aromatic nitrogens is 3. The molecule has 8 heteroatoms. The molecule has 0 bridgehead atoms. The van der Waals surface area contributed by atoms with E-state index in [2.05, 4.69) is 34.7 Å². The van der Waals surface area contributed by atoms with Crippen LogP contribution in [-0.4, -0.2) is 32.3 Å². The highest BCUT2D eigenvalue weighted by Gasteiger charge is 2.20. The van der Waals surface area contributed by atoms with Gasteiger partial charge in [0.05, 0.1) is 11.8 Å². The van der Waals surface area contributed by atoms with Gasteiger partial charge in [-0.3, -0.25) is 9.59 Å². The van der Waals surface area contributed by atoms with Gasteiger partial charge >= 0.3 is 0 Å². The van der Waals surface area contributed by atoms with Crippen molar-refractivity contribution in [1.82, 2.24) is 20.1 Å². The van der Waals surface area contributed by atoms with E-state index in [-0.39, 0.29) is 23.6 Å². The molecule has 174 valence electrons. The summed E-state index contributed by atoms with van der Waals surface area (Å²) in [7, 11) is 0. The second-order valence-electron chi connectivity index (χ2n) is 8.26. The number of nitrogens with one attached hydrogen (secondary N) is 2. The number of carbonyl (C=O) groups is 2. The number of carbonyl (C=O) groups excluding carboxylic acids is 2. The minimum absolute atomic E-state index is 0.106. The van der Waals surface area contributed by atoms with E-state index in [9.17, 15) is 9.59 Å². The molecule has 2 aromatic carbocycles. The second kappa shape index (κ2) is 11.1. The number of anilines is 1. The standard InChI is InChI=1S/C25H31N5O2S/c1-6-30-23(18(5)26-24(32)20-9-7-8-17(4)14-20)28-29-25(30)33-15-22(31)27-21-12-10-19(11-13-21)16(2)3/h7-14,16,18H,6,15H2,1-5H3,(H,26,32)(H,27,31)/t18-/m1/s1. The molecule has 0 aliphatic rings. The van der Waals surface area contributed by atoms with Crippen molar-refractivity contribution in [3.05, 3.63) is 71.0 Å². The van der Waals surface area contributed by atoms with Crippen LogP contribution < -0.4 is 10.6 Å². The lowest BCUT2D eigenvalue weighted by molar-refractivity contribution is -0.113. The highest BCUT2D eigenvalue weighted by atomic mass is 32.2. The molecule has 0 saturated carbocycles. The molecule has 0 aliphatic heterocycles. The highest BCUT2D eigenvalue weighted by molar-refractivity contribution is 7.99. The van der Waals surface area contributed by atoms with Crippen molar-refractivity contribution in [2.45, 2.75) is 58.3 Å². The number of rotatable bonds is 9. The summed E-state index contributed by atoms with van der Waals surface area (Å²) >= 11 is 1.33. The molecule has 33 heavy (non-hydrogen) atoms. The first-order valence-electron chi connectivity index (χ1n) is 11.1. The summed E-state index contributed by atoms with van der Waals surface area (Å²) in [5.74, 6) is 1.06. The molecule has 1 heterocycles. The lowest BCUT2D eigenvalue weighted by Crippen LogP contribution is -2.28. The summed E-state index contributed by atoms with van der Waals surface area (Å²) in [4.78, 5) is 25.0. The largest absolute Gasteiger partial charge is 0.342 e. The van der Waals surface area contributed by atoms with Crippen LogP contribution in [0.15, 0.2) is 53.7 Å². The zero-order chi connectivity index (χ0) is 24.0. The maximum atomic E-state index is 12.6. The fourth-order valence-corrected chi connectivity index (χ4v) is 4.24. The van der Waals surface area contributed by atoms with Gasteiger partial charge in [-0.1, -0.05) is 55.4 Å². The number of nitrogens with zero attached hydrogens (tertiary/aromatic N) is 3. The zero-order valence-corrected chi connectivity index (χ0v) is 20.6. The van der Waals surface area contributed by atoms with Crippen LogP contribution in [-0.2, 0) is 11.3 Å². The third-order valence-electron chi connectivity index (χ3n) is 5.27. The van der Waals surface area contributed by atoms with E-state index in [0.29, 0.717) is 29.0 Å². The summed E-state index contributed by atoms with van der Waals surface area (Å²) in [6.07, 6.45) is 0. The number of amides is 2. The monoisotopic (exact) mass is 465 g/mol. The van der Waals surface area contributed by atoms with Crippen LogP contribution in [0.3, 0.4) is 0 Å². The molecule has 7 nitrogen and oxygen atoms in total. The van der Waals surface area contributed by atoms with Gasteiger partial charge in [-0.25, -0.2) is 0 Å². The van der Waals surface area contributed by atoms with Crippen molar-refractivity contribution in [3.63, 3.8) is 0 Å². The molecule has 0 aliphatic carbocycles. The predicted molar refractivity (Wildman–Crippen MR) is 133 cm³/mol. The second-order valence-corrected chi connectivity index (χ2v) is 9.21. The molecular weight excluding hydrogens is 434 g/mol. The van der Waals surface area contributed by atoms with Crippen LogP contribution in [0.2, 0.25) is 0 Å². The van der Waals surface area contributed by atoms with Gasteiger partial charge in [-0.2, -0.15) is 0 Å². The first kappa shape index (κ1) is 24.5. The number of thioether (sulfide) groups is 1. The van der Waals surface area contributed by atoms with Crippen LogP contribution in [0.25, 0.3) is 0 Å². The number of hydrogen-bond donors (Lipinski definition) is 2. The first-order valence-corrected chi connectivity index (χ1v) is 12.1. The average molecular weight is 466 g/mol. The summed E-state index contributed by atoms with van der Waals surface area (Å²) < 4.78 is 1.93. The molecular formula is C25H31N5O2S. The van der Waals surface area contributed by atoms with Crippen molar-refractivity contribution in [3.8, 4) is 0 Å². The third kappa shape index (κ3) is 6.44. The summed E-state index contributed by atoms with van der Waals surface area (Å²) in [6.45, 7) is 10.7. The van der Waals surface area contributed by atoms with Crippen LogP contribution in [0.4, 0.5) is 5.69 Å². The maximum Gasteiger partial charge on any atom is 0.251 e. The van der Waals surface area contributed by atoms with Crippen molar-refractivity contribution >= 4 is 29.3 Å². The van der Waals surface area contributed by atoms with Gasteiger partial charge in [-0.15, -0.1) is 10.2 Å². The van der Waals surface area contributed by atoms with Gasteiger partial charge in [0.2, 0.25) is 5.91 Å². The van der Waals surface area contributed by atoms with Crippen LogP contribution in [0.1, 0.15) is 67.0 Å².